The van der Waals surface area contributed by atoms with Gasteiger partial charge in [0.1, 0.15) is 12.5 Å². The van der Waals surface area contributed by atoms with Crippen LogP contribution in [0.3, 0.4) is 0 Å². The summed E-state index contributed by atoms with van der Waals surface area (Å²) in [4.78, 5) is 0. The van der Waals surface area contributed by atoms with Crippen molar-refractivity contribution < 1.29 is 9.47 Å². The molecule has 0 radical (unpaired) electrons. The van der Waals surface area contributed by atoms with Gasteiger partial charge in [0.25, 0.3) is 0 Å². The molecule has 0 aliphatic heterocycles. The predicted molar refractivity (Wildman–Crippen MR) is 47.1 cm³/mol. The highest BCUT2D eigenvalue weighted by atomic mass is 16.7. The Hall–Kier alpha value is -0.940. The molecule has 1 rings (SSSR count). The Morgan fingerprint density at radius 2 is 2.31 bits per heavy atom. The topological polar surface area (TPSA) is 49.2 Å². The van der Waals surface area contributed by atoms with Gasteiger partial charge in [0.05, 0.1) is 12.8 Å². The summed E-state index contributed by atoms with van der Waals surface area (Å²) in [6, 6.07) is 0.337. The van der Waals surface area contributed by atoms with E-state index < -0.39 is 0 Å². The zero-order chi connectivity index (χ0) is 9.68. The van der Waals surface area contributed by atoms with E-state index in [0.717, 1.165) is 5.69 Å². The van der Waals surface area contributed by atoms with E-state index in [9.17, 15) is 0 Å². The van der Waals surface area contributed by atoms with Crippen molar-refractivity contribution in [3.63, 3.8) is 0 Å². The van der Waals surface area contributed by atoms with E-state index in [-0.39, 0.29) is 6.79 Å². The molecule has 0 aliphatic rings. The first-order valence-corrected chi connectivity index (χ1v) is 4.21. The minimum atomic E-state index is 0.286. The molecule has 13 heavy (non-hydrogen) atoms. The Kier molecular flexibility index (Phi) is 3.85. The second-order valence-electron chi connectivity index (χ2n) is 3.04. The average molecular weight is 185 g/mol. The third-order valence-electron chi connectivity index (χ3n) is 1.54. The molecule has 5 nitrogen and oxygen atoms in total. The summed E-state index contributed by atoms with van der Waals surface area (Å²) >= 11 is 0. The van der Waals surface area contributed by atoms with E-state index in [0.29, 0.717) is 12.6 Å². The van der Waals surface area contributed by atoms with Crippen molar-refractivity contribution in [3.05, 3.63) is 11.9 Å². The SMILES string of the molecule is COCOCc1cn(C(C)C)nn1. The number of rotatable bonds is 5. The fourth-order valence-corrected chi connectivity index (χ4v) is 0.861. The lowest BCUT2D eigenvalue weighted by atomic mass is 10.4. The molecular weight excluding hydrogens is 170 g/mol. The Balaban J connectivity index is 2.40. The summed E-state index contributed by atoms with van der Waals surface area (Å²) in [5.41, 5.74) is 0.825. The van der Waals surface area contributed by atoms with Crippen LogP contribution < -0.4 is 0 Å². The predicted octanol–water partition coefficient (Wildman–Crippen LogP) is 0.979. The zero-order valence-corrected chi connectivity index (χ0v) is 8.23. The fraction of sp³-hybridized carbons (Fsp3) is 0.750. The third-order valence-corrected chi connectivity index (χ3v) is 1.54. The van der Waals surface area contributed by atoms with Gasteiger partial charge < -0.3 is 9.47 Å². The summed E-state index contributed by atoms with van der Waals surface area (Å²) in [6.45, 7) is 4.83. The van der Waals surface area contributed by atoms with Crippen molar-refractivity contribution in [3.8, 4) is 0 Å². The zero-order valence-electron chi connectivity index (χ0n) is 8.23. The number of aromatic nitrogens is 3. The van der Waals surface area contributed by atoms with Crippen LogP contribution in [0.25, 0.3) is 0 Å². The van der Waals surface area contributed by atoms with Crippen LogP contribution in [0.1, 0.15) is 25.6 Å². The Labute approximate surface area is 77.6 Å². The molecule has 0 unspecified atom stereocenters. The lowest BCUT2D eigenvalue weighted by Crippen LogP contribution is -2.00. The highest BCUT2D eigenvalue weighted by Crippen LogP contribution is 2.03. The molecule has 0 fully saturated rings. The van der Waals surface area contributed by atoms with Crippen molar-refractivity contribution in [1.29, 1.82) is 0 Å². The van der Waals surface area contributed by atoms with E-state index in [1.54, 1.807) is 11.8 Å². The molecule has 0 aromatic carbocycles. The number of ether oxygens (including phenoxy) is 2. The van der Waals surface area contributed by atoms with Crippen LogP contribution in [0.5, 0.6) is 0 Å². The van der Waals surface area contributed by atoms with Gasteiger partial charge in [0.15, 0.2) is 0 Å². The van der Waals surface area contributed by atoms with Gasteiger partial charge in [-0.1, -0.05) is 5.21 Å². The van der Waals surface area contributed by atoms with Gasteiger partial charge in [0.2, 0.25) is 0 Å². The summed E-state index contributed by atoms with van der Waals surface area (Å²) in [5, 5.41) is 7.88. The van der Waals surface area contributed by atoms with Gasteiger partial charge in [-0.25, -0.2) is 4.68 Å². The number of hydrogen-bond donors (Lipinski definition) is 0. The fourth-order valence-electron chi connectivity index (χ4n) is 0.861. The molecule has 0 spiro atoms. The lowest BCUT2D eigenvalue weighted by molar-refractivity contribution is -0.0401. The Bertz CT molecular complexity index is 247. The molecule has 0 atom stereocenters. The molecule has 0 aliphatic carbocycles. The molecule has 0 saturated heterocycles. The van der Waals surface area contributed by atoms with E-state index >= 15 is 0 Å². The van der Waals surface area contributed by atoms with Crippen LogP contribution in [0.15, 0.2) is 6.20 Å². The molecule has 74 valence electrons. The molecule has 0 N–H and O–H groups in total. The molecular formula is C8H15N3O2. The van der Waals surface area contributed by atoms with E-state index in [1.807, 2.05) is 6.20 Å². The number of hydrogen-bond acceptors (Lipinski definition) is 4. The van der Waals surface area contributed by atoms with E-state index in [4.69, 9.17) is 9.47 Å². The van der Waals surface area contributed by atoms with Gasteiger partial charge in [0, 0.05) is 13.2 Å². The molecule has 1 aromatic heterocycles. The highest BCUT2D eigenvalue weighted by Gasteiger charge is 2.02. The summed E-state index contributed by atoms with van der Waals surface area (Å²) in [7, 11) is 1.59. The second kappa shape index (κ2) is 4.94. The first-order valence-electron chi connectivity index (χ1n) is 4.21. The number of methoxy groups -OCH3 is 1. The second-order valence-corrected chi connectivity index (χ2v) is 3.04. The van der Waals surface area contributed by atoms with Crippen LogP contribution in [0.2, 0.25) is 0 Å². The smallest absolute Gasteiger partial charge is 0.146 e. The van der Waals surface area contributed by atoms with Crippen LogP contribution in [0, 0.1) is 0 Å². The Morgan fingerprint density at radius 3 is 2.85 bits per heavy atom. The first kappa shape index (κ1) is 10.1. The maximum absolute atomic E-state index is 5.12. The first-order chi connectivity index (χ1) is 6.24. The van der Waals surface area contributed by atoms with Gasteiger partial charge in [-0.2, -0.15) is 0 Å². The van der Waals surface area contributed by atoms with Gasteiger partial charge >= 0.3 is 0 Å². The van der Waals surface area contributed by atoms with Crippen LogP contribution in [0.4, 0.5) is 0 Å². The quantitative estimate of drug-likeness (QED) is 0.507. The van der Waals surface area contributed by atoms with Crippen molar-refractivity contribution in [2.24, 2.45) is 0 Å². The lowest BCUT2D eigenvalue weighted by Gasteiger charge is -2.01. The summed E-state index contributed by atoms with van der Waals surface area (Å²) in [6.07, 6.45) is 1.88. The van der Waals surface area contributed by atoms with Gasteiger partial charge in [-0.3, -0.25) is 0 Å². The number of nitrogens with zero attached hydrogens (tertiary/aromatic N) is 3. The van der Waals surface area contributed by atoms with Crippen molar-refractivity contribution in [2.45, 2.75) is 26.5 Å². The minimum Gasteiger partial charge on any atom is -0.359 e. The molecule has 0 bridgehead atoms. The maximum atomic E-state index is 5.12. The average Bonchev–Trinajstić information content (AvgIpc) is 2.53. The van der Waals surface area contributed by atoms with Crippen molar-refractivity contribution in [1.82, 2.24) is 15.0 Å². The minimum absolute atomic E-state index is 0.286. The molecule has 1 heterocycles. The molecule has 0 amide bonds. The standard InChI is InChI=1S/C8H15N3O2/c1-7(2)11-4-8(9-10-11)5-13-6-12-3/h4,7H,5-6H2,1-3H3. The largest absolute Gasteiger partial charge is 0.359 e. The molecule has 0 saturated carbocycles. The van der Waals surface area contributed by atoms with Gasteiger partial charge in [-0.05, 0) is 13.8 Å². The van der Waals surface area contributed by atoms with Crippen molar-refractivity contribution in [2.75, 3.05) is 13.9 Å². The molecule has 1 aromatic rings. The summed E-state index contributed by atoms with van der Waals surface area (Å²) < 4.78 is 11.7. The van der Waals surface area contributed by atoms with E-state index in [1.165, 1.54) is 0 Å². The van der Waals surface area contributed by atoms with Crippen LogP contribution in [-0.2, 0) is 16.1 Å². The van der Waals surface area contributed by atoms with Gasteiger partial charge in [-0.15, -0.1) is 5.10 Å². The van der Waals surface area contributed by atoms with Crippen LogP contribution in [-0.4, -0.2) is 28.9 Å². The van der Waals surface area contributed by atoms with Crippen LogP contribution >= 0.6 is 0 Å². The summed E-state index contributed by atoms with van der Waals surface area (Å²) in [5.74, 6) is 0. The molecule has 5 heteroatoms. The third kappa shape index (κ3) is 3.12. The monoisotopic (exact) mass is 185 g/mol. The van der Waals surface area contributed by atoms with E-state index in [2.05, 4.69) is 24.2 Å². The maximum Gasteiger partial charge on any atom is 0.146 e. The normalized spacial score (nSPS) is 11.1. The Morgan fingerprint density at radius 1 is 1.54 bits per heavy atom. The van der Waals surface area contributed by atoms with Crippen molar-refractivity contribution >= 4 is 0 Å². The highest BCUT2D eigenvalue weighted by molar-refractivity contribution is 4.90.